The number of nitro groups is 2. The second kappa shape index (κ2) is 43.6. The molecule has 2 aromatic heterocycles. The number of para-hydroxylation sites is 2. The molecule has 1 amide bonds. The number of allylic oxidation sites excluding steroid dienone is 2. The summed E-state index contributed by atoms with van der Waals surface area (Å²) in [4.78, 5) is 80.5. The molecule has 0 bridgehead atoms. The fourth-order valence-corrected chi connectivity index (χ4v) is 13.2. The number of hydrogen-bond donors (Lipinski definition) is 1. The first-order chi connectivity index (χ1) is 47.8. The van der Waals surface area contributed by atoms with E-state index in [2.05, 4.69) is 46.8 Å². The summed E-state index contributed by atoms with van der Waals surface area (Å²) < 4.78 is 43.3. The number of phosphoric acid groups is 1. The summed E-state index contributed by atoms with van der Waals surface area (Å²) in [6, 6.07) is 23.4. The van der Waals surface area contributed by atoms with Gasteiger partial charge < -0.3 is 33.6 Å². The Bertz CT molecular complexity index is 3480. The molecule has 7 rings (SSSR count). The standard InChI is InChI=1S/C74H104N9O14P/c1-3-5-7-9-11-13-15-17-19-21-23-25-27-29-33-49-69(85)95-66(67(57-94-98(91,92)93-56-59-43-36-39-46-63(59)82(87)88)96-70(86)50-34-30-28-26-24-22-20-18-16-14-12-10-8-6-4-2)55-81-74-60-44-37-35-42-58(60)54-80(64-47-40-38-45-61(64)71(74)76-79-81)68(84)48-32-31-41-53-75-62-51-52-65(83(89)90)73-72(62)77-97-78-73/h18,20,35-40,42-47,51-52,66-67,75H,3-17,19,21-34,41,48-50,53-57H2,1-2H3,(H,91,92)/p-1/b20-18-/t66-,67-/m0/s1. The maximum Gasteiger partial charge on any atom is 0.306 e. The first-order valence-electron chi connectivity index (χ1n) is 36.2. The van der Waals surface area contributed by atoms with Gasteiger partial charge in [-0.1, -0.05) is 233 Å². The van der Waals surface area contributed by atoms with Gasteiger partial charge in [0.1, 0.15) is 5.69 Å². The van der Waals surface area contributed by atoms with Gasteiger partial charge in [0, 0.05) is 49.1 Å². The summed E-state index contributed by atoms with van der Waals surface area (Å²) in [6.45, 7) is 3.27. The van der Waals surface area contributed by atoms with Gasteiger partial charge in [-0.15, -0.1) is 5.10 Å². The van der Waals surface area contributed by atoms with Crippen LogP contribution in [0.25, 0.3) is 33.5 Å². The van der Waals surface area contributed by atoms with E-state index in [-0.39, 0.29) is 66.2 Å². The smallest absolute Gasteiger partial charge is 0.306 e. The molecule has 0 saturated carbocycles. The number of carbonyl (C=O) groups excluding carboxylic acids is 3. The van der Waals surface area contributed by atoms with Crippen LogP contribution in [0.1, 0.15) is 243 Å². The van der Waals surface area contributed by atoms with Crippen molar-refractivity contribution in [3.8, 4) is 22.5 Å². The number of aromatic nitrogens is 5. The van der Waals surface area contributed by atoms with E-state index in [1.165, 1.54) is 133 Å². The van der Waals surface area contributed by atoms with Gasteiger partial charge in [-0.25, -0.2) is 9.31 Å². The van der Waals surface area contributed by atoms with Crippen LogP contribution in [0.5, 0.6) is 0 Å². The third-order valence-corrected chi connectivity index (χ3v) is 18.9. The highest BCUT2D eigenvalue weighted by molar-refractivity contribution is 7.45. The highest BCUT2D eigenvalue weighted by atomic mass is 31.2. The Morgan fingerprint density at radius 3 is 1.73 bits per heavy atom. The molecule has 6 aromatic rings. The van der Waals surface area contributed by atoms with Gasteiger partial charge in [0.2, 0.25) is 11.4 Å². The molecular formula is C74H103N9O14P-. The normalized spacial score (nSPS) is 13.3. The van der Waals surface area contributed by atoms with Crippen molar-refractivity contribution < 1.29 is 56.8 Å². The van der Waals surface area contributed by atoms with E-state index >= 15 is 0 Å². The fourth-order valence-electron chi connectivity index (χ4n) is 12.5. The predicted molar refractivity (Wildman–Crippen MR) is 378 cm³/mol. The van der Waals surface area contributed by atoms with Crippen molar-refractivity contribution >= 4 is 59.5 Å². The van der Waals surface area contributed by atoms with E-state index in [9.17, 15) is 44.1 Å². The van der Waals surface area contributed by atoms with E-state index < -0.39 is 55.0 Å². The lowest BCUT2D eigenvalue weighted by atomic mass is 9.95. The second-order valence-electron chi connectivity index (χ2n) is 25.7. The number of amides is 1. The van der Waals surface area contributed by atoms with E-state index in [0.717, 1.165) is 69.8 Å². The zero-order valence-electron chi connectivity index (χ0n) is 57.7. The molecule has 0 radical (unpaired) electrons. The lowest BCUT2D eigenvalue weighted by Gasteiger charge is -2.31. The molecule has 4 aromatic carbocycles. The lowest BCUT2D eigenvalue weighted by Crippen LogP contribution is -2.42. The van der Waals surface area contributed by atoms with Gasteiger partial charge in [-0.2, -0.15) is 0 Å². The predicted octanol–water partition coefficient (Wildman–Crippen LogP) is 18.3. The molecule has 0 spiro atoms. The average Bonchev–Trinajstić information content (AvgIpc) is 1.51. The SMILES string of the molecule is CCCCCCCC/C=C\CCCCCCCC(=O)O[C@@H](COP(=O)([O-])OCc1ccccc1[N+](=O)[O-])[C@H](Cn1nnc2c1-c1ccccc1CN(C(=O)CCCCCNc1ccc([N+](=O)[O-])c3nonc13)c1ccccc1-2)OC(=O)CCCCCCCCCCCCCCCCC. The Hall–Kier alpha value is -7.72. The van der Waals surface area contributed by atoms with Crippen LogP contribution >= 0.6 is 7.82 Å². The van der Waals surface area contributed by atoms with Gasteiger partial charge in [0.25, 0.3) is 13.5 Å². The number of rotatable bonds is 51. The minimum Gasteiger partial charge on any atom is -0.756 e. The summed E-state index contributed by atoms with van der Waals surface area (Å²) >= 11 is 0. The van der Waals surface area contributed by atoms with Gasteiger partial charge in [-0.05, 0) is 85.4 Å². The van der Waals surface area contributed by atoms with Crippen LogP contribution in [0.15, 0.2) is 102 Å². The number of anilines is 2. The number of ether oxygens (including phenoxy) is 2. The second-order valence-corrected chi connectivity index (χ2v) is 27.1. The molecule has 534 valence electrons. The minimum absolute atomic E-state index is 0.0110. The Balaban J connectivity index is 1.07. The minimum atomic E-state index is -5.31. The van der Waals surface area contributed by atoms with Gasteiger partial charge >= 0.3 is 17.6 Å². The lowest BCUT2D eigenvalue weighted by molar-refractivity contribution is -0.385. The molecule has 1 N–H and O–H groups in total. The molecule has 1 aliphatic heterocycles. The monoisotopic (exact) mass is 1370 g/mol. The molecule has 1 aliphatic rings. The number of phosphoric ester groups is 1. The van der Waals surface area contributed by atoms with Crippen molar-refractivity contribution in [2.45, 2.75) is 264 Å². The summed E-state index contributed by atoms with van der Waals surface area (Å²) in [6.07, 6.45) is 34.8. The number of fused-ring (bicyclic) bond motifs is 6. The van der Waals surface area contributed by atoms with Crippen molar-refractivity contribution in [2.75, 3.05) is 23.4 Å². The molecule has 98 heavy (non-hydrogen) atoms. The largest absolute Gasteiger partial charge is 0.756 e. The van der Waals surface area contributed by atoms with Crippen molar-refractivity contribution in [2.24, 2.45) is 0 Å². The molecule has 1 unspecified atom stereocenters. The summed E-state index contributed by atoms with van der Waals surface area (Å²) in [5.74, 6) is -1.39. The van der Waals surface area contributed by atoms with Gasteiger partial charge in [0.05, 0.1) is 58.8 Å². The van der Waals surface area contributed by atoms with Crippen LogP contribution in [0, 0.1) is 20.2 Å². The van der Waals surface area contributed by atoms with Crippen molar-refractivity contribution in [1.82, 2.24) is 25.3 Å². The third kappa shape index (κ3) is 26.2. The number of nitro benzene ring substituents is 2. The van der Waals surface area contributed by atoms with Crippen molar-refractivity contribution in [1.29, 1.82) is 0 Å². The number of esters is 2. The highest BCUT2D eigenvalue weighted by Gasteiger charge is 2.35. The van der Waals surface area contributed by atoms with Gasteiger partial charge in [-0.3, -0.25) is 39.2 Å². The Morgan fingerprint density at radius 1 is 0.592 bits per heavy atom. The van der Waals surface area contributed by atoms with Crippen LogP contribution < -0.4 is 15.1 Å². The molecular weight excluding hydrogens is 1270 g/mol. The molecule has 0 aliphatic carbocycles. The summed E-state index contributed by atoms with van der Waals surface area (Å²) in [7, 11) is -5.31. The average molecular weight is 1370 g/mol. The van der Waals surface area contributed by atoms with Crippen LogP contribution in [-0.4, -0.2) is 78.4 Å². The number of non-ortho nitro benzene ring substituents is 1. The number of benzene rings is 4. The molecule has 3 heterocycles. The number of carbonyl (C=O) groups is 3. The number of nitrogens with zero attached hydrogens (tertiary/aromatic N) is 8. The van der Waals surface area contributed by atoms with Crippen LogP contribution in [0.3, 0.4) is 0 Å². The summed E-state index contributed by atoms with van der Waals surface area (Å²) in [5.41, 5.74) is 3.77. The molecule has 3 atom stereocenters. The Labute approximate surface area is 577 Å². The van der Waals surface area contributed by atoms with Crippen LogP contribution in [-0.2, 0) is 57.2 Å². The number of nitrogens with one attached hydrogen (secondary N) is 1. The molecule has 23 nitrogen and oxygen atoms in total. The first-order valence-corrected chi connectivity index (χ1v) is 37.7. The summed E-state index contributed by atoms with van der Waals surface area (Å²) in [5, 5.41) is 43.6. The molecule has 24 heteroatoms. The maximum absolute atomic E-state index is 14.5. The van der Waals surface area contributed by atoms with Gasteiger partial charge in [0.15, 0.2) is 17.7 Å². The maximum atomic E-state index is 14.5. The Kier molecular flexibility index (Phi) is 34.6. The van der Waals surface area contributed by atoms with Crippen LogP contribution in [0.2, 0.25) is 0 Å². The Morgan fingerprint density at radius 2 is 1.11 bits per heavy atom. The van der Waals surface area contributed by atoms with Crippen LogP contribution in [0.4, 0.5) is 22.7 Å². The number of hydrogen-bond acceptors (Lipinski definition) is 19. The van der Waals surface area contributed by atoms with E-state index in [4.69, 9.17) is 28.2 Å². The van der Waals surface area contributed by atoms with E-state index in [0.29, 0.717) is 72.5 Å². The zero-order valence-corrected chi connectivity index (χ0v) is 58.6. The zero-order chi connectivity index (χ0) is 69.6. The highest BCUT2D eigenvalue weighted by Crippen LogP contribution is 2.43. The topological polar surface area (TPSA) is 299 Å². The van der Waals surface area contributed by atoms with Crippen molar-refractivity contribution in [3.05, 3.63) is 128 Å². The number of unbranched alkanes of at least 4 members (excludes halogenated alkanes) is 27. The van der Waals surface area contributed by atoms with Crippen molar-refractivity contribution in [3.63, 3.8) is 0 Å². The molecule has 0 fully saturated rings. The van der Waals surface area contributed by atoms with E-state index in [1.54, 1.807) is 15.6 Å². The van der Waals surface area contributed by atoms with E-state index in [1.807, 2.05) is 48.5 Å². The third-order valence-electron chi connectivity index (χ3n) is 18.0. The quantitative estimate of drug-likeness (QED) is 0.00926. The first kappa shape index (κ1) is 77.6. The molecule has 0 saturated heterocycles. The fraction of sp³-hybridized carbons (Fsp3) is 0.581.